The molecule has 0 saturated heterocycles. The second-order valence-electron chi connectivity index (χ2n) is 3.52. The summed E-state index contributed by atoms with van der Waals surface area (Å²) in [5.41, 5.74) is 5.75. The fourth-order valence-corrected chi connectivity index (χ4v) is 1.74. The molecule has 0 bridgehead atoms. The van der Waals surface area contributed by atoms with Crippen LogP contribution in [0.1, 0.15) is 32.6 Å². The summed E-state index contributed by atoms with van der Waals surface area (Å²) in [7, 11) is 0. The van der Waals surface area contributed by atoms with Gasteiger partial charge in [0.25, 0.3) is 0 Å². The van der Waals surface area contributed by atoms with Crippen molar-refractivity contribution < 1.29 is 9.84 Å². The molecule has 1 unspecified atom stereocenters. The van der Waals surface area contributed by atoms with E-state index >= 15 is 0 Å². The van der Waals surface area contributed by atoms with E-state index in [0.717, 1.165) is 25.7 Å². The average molecular weight is 173 g/mol. The fraction of sp³-hybridized carbons (Fsp3) is 1.00. The van der Waals surface area contributed by atoms with Gasteiger partial charge in [-0.1, -0.05) is 0 Å². The van der Waals surface area contributed by atoms with Crippen LogP contribution in [0.2, 0.25) is 0 Å². The number of aliphatic hydroxyl groups is 1. The van der Waals surface area contributed by atoms with Crippen molar-refractivity contribution in [1.29, 1.82) is 0 Å². The molecule has 0 aromatic heterocycles. The van der Waals surface area contributed by atoms with Crippen LogP contribution in [0.3, 0.4) is 0 Å². The second kappa shape index (κ2) is 4.80. The Morgan fingerprint density at radius 1 is 1.42 bits per heavy atom. The number of rotatable bonds is 3. The standard InChI is InChI=1S/C9H19NO2/c1-2-12-9(11)7-3-5-8(10)6-4-7/h7-9,11H,2-6,10H2,1H3. The van der Waals surface area contributed by atoms with Crippen molar-refractivity contribution in [3.8, 4) is 0 Å². The monoisotopic (exact) mass is 173 g/mol. The summed E-state index contributed by atoms with van der Waals surface area (Å²) in [6.45, 7) is 2.49. The number of hydrogen-bond acceptors (Lipinski definition) is 3. The van der Waals surface area contributed by atoms with Crippen molar-refractivity contribution >= 4 is 0 Å². The van der Waals surface area contributed by atoms with Gasteiger partial charge in [-0.3, -0.25) is 0 Å². The maximum absolute atomic E-state index is 9.50. The molecule has 0 aromatic carbocycles. The normalized spacial score (nSPS) is 33.2. The maximum Gasteiger partial charge on any atom is 0.157 e. The lowest BCUT2D eigenvalue weighted by Gasteiger charge is -2.29. The van der Waals surface area contributed by atoms with Crippen LogP contribution in [-0.2, 0) is 4.74 Å². The highest BCUT2D eigenvalue weighted by Crippen LogP contribution is 2.26. The third kappa shape index (κ3) is 2.73. The fourth-order valence-electron chi connectivity index (χ4n) is 1.74. The Hall–Kier alpha value is -0.120. The lowest BCUT2D eigenvalue weighted by molar-refractivity contribution is -0.137. The summed E-state index contributed by atoms with van der Waals surface area (Å²) >= 11 is 0. The van der Waals surface area contributed by atoms with Crippen molar-refractivity contribution in [1.82, 2.24) is 0 Å². The molecule has 12 heavy (non-hydrogen) atoms. The third-order valence-electron chi connectivity index (χ3n) is 2.56. The topological polar surface area (TPSA) is 55.5 Å². The minimum absolute atomic E-state index is 0.310. The van der Waals surface area contributed by atoms with E-state index in [4.69, 9.17) is 10.5 Å². The predicted octanol–water partition coefficient (Wildman–Crippen LogP) is 0.859. The summed E-state index contributed by atoms with van der Waals surface area (Å²) in [6, 6.07) is 0.343. The van der Waals surface area contributed by atoms with Gasteiger partial charge >= 0.3 is 0 Å². The lowest BCUT2D eigenvalue weighted by Crippen LogP contribution is -2.33. The van der Waals surface area contributed by atoms with E-state index in [1.807, 2.05) is 6.92 Å². The van der Waals surface area contributed by atoms with E-state index in [2.05, 4.69) is 0 Å². The van der Waals surface area contributed by atoms with E-state index in [-0.39, 0.29) is 0 Å². The van der Waals surface area contributed by atoms with Crippen molar-refractivity contribution in [3.05, 3.63) is 0 Å². The lowest BCUT2D eigenvalue weighted by atomic mass is 9.86. The molecule has 0 aromatic rings. The number of hydrogen-bond donors (Lipinski definition) is 2. The molecule has 1 aliphatic rings. The Morgan fingerprint density at radius 3 is 2.50 bits per heavy atom. The van der Waals surface area contributed by atoms with Gasteiger partial charge in [0.05, 0.1) is 0 Å². The first kappa shape index (κ1) is 9.96. The number of nitrogens with two attached hydrogens (primary N) is 1. The van der Waals surface area contributed by atoms with E-state index in [0.29, 0.717) is 18.6 Å². The first-order chi connectivity index (χ1) is 5.74. The predicted molar refractivity (Wildman–Crippen MR) is 47.6 cm³/mol. The maximum atomic E-state index is 9.50. The van der Waals surface area contributed by atoms with Gasteiger partial charge in [0.15, 0.2) is 6.29 Å². The molecule has 72 valence electrons. The summed E-state index contributed by atoms with van der Waals surface area (Å²) in [4.78, 5) is 0. The number of aliphatic hydroxyl groups excluding tert-OH is 1. The van der Waals surface area contributed by atoms with Crippen LogP contribution >= 0.6 is 0 Å². The second-order valence-corrected chi connectivity index (χ2v) is 3.52. The summed E-state index contributed by atoms with van der Waals surface area (Å²) < 4.78 is 5.13. The minimum Gasteiger partial charge on any atom is -0.368 e. The Bertz CT molecular complexity index is 122. The molecular formula is C9H19NO2. The first-order valence-corrected chi connectivity index (χ1v) is 4.79. The van der Waals surface area contributed by atoms with Crippen molar-refractivity contribution in [2.24, 2.45) is 11.7 Å². The molecule has 0 amide bonds. The van der Waals surface area contributed by atoms with Gasteiger partial charge in [0, 0.05) is 18.6 Å². The minimum atomic E-state index is -0.567. The molecule has 1 fully saturated rings. The van der Waals surface area contributed by atoms with Gasteiger partial charge in [-0.25, -0.2) is 0 Å². The van der Waals surface area contributed by atoms with Gasteiger partial charge in [0.1, 0.15) is 0 Å². The first-order valence-electron chi connectivity index (χ1n) is 4.79. The highest BCUT2D eigenvalue weighted by molar-refractivity contribution is 4.75. The summed E-state index contributed by atoms with van der Waals surface area (Å²) in [6.07, 6.45) is 3.48. The van der Waals surface area contributed by atoms with Crippen LogP contribution in [0.15, 0.2) is 0 Å². The summed E-state index contributed by atoms with van der Waals surface area (Å²) in [5.74, 6) is 0.310. The molecule has 3 N–H and O–H groups in total. The van der Waals surface area contributed by atoms with Gasteiger partial charge in [-0.05, 0) is 32.6 Å². The average Bonchev–Trinajstić information content (AvgIpc) is 2.06. The highest BCUT2D eigenvalue weighted by atomic mass is 16.6. The third-order valence-corrected chi connectivity index (χ3v) is 2.56. The SMILES string of the molecule is CCOC(O)C1CCC(N)CC1. The smallest absolute Gasteiger partial charge is 0.157 e. The molecule has 0 spiro atoms. The zero-order valence-corrected chi connectivity index (χ0v) is 7.70. The Balaban J connectivity index is 2.24. The highest BCUT2D eigenvalue weighted by Gasteiger charge is 2.24. The Labute approximate surface area is 73.9 Å². The van der Waals surface area contributed by atoms with Crippen molar-refractivity contribution in [2.75, 3.05) is 6.61 Å². The molecule has 1 saturated carbocycles. The zero-order valence-electron chi connectivity index (χ0n) is 7.70. The van der Waals surface area contributed by atoms with Gasteiger partial charge in [-0.2, -0.15) is 0 Å². The van der Waals surface area contributed by atoms with Crippen LogP contribution in [0, 0.1) is 5.92 Å². The molecule has 0 heterocycles. The van der Waals surface area contributed by atoms with Crippen LogP contribution in [0.25, 0.3) is 0 Å². The van der Waals surface area contributed by atoms with Gasteiger partial charge in [-0.15, -0.1) is 0 Å². The zero-order chi connectivity index (χ0) is 8.97. The van der Waals surface area contributed by atoms with Crippen LogP contribution < -0.4 is 5.73 Å². The summed E-state index contributed by atoms with van der Waals surface area (Å²) in [5, 5.41) is 9.50. The molecular weight excluding hydrogens is 154 g/mol. The largest absolute Gasteiger partial charge is 0.368 e. The molecule has 1 aliphatic carbocycles. The molecule has 3 heteroatoms. The van der Waals surface area contributed by atoms with Crippen LogP contribution in [0.5, 0.6) is 0 Å². The van der Waals surface area contributed by atoms with Crippen LogP contribution in [0.4, 0.5) is 0 Å². The molecule has 1 rings (SSSR count). The van der Waals surface area contributed by atoms with Crippen molar-refractivity contribution in [2.45, 2.75) is 44.9 Å². The number of ether oxygens (including phenoxy) is 1. The molecule has 0 aliphatic heterocycles. The van der Waals surface area contributed by atoms with Gasteiger partial charge < -0.3 is 15.6 Å². The van der Waals surface area contributed by atoms with Crippen LogP contribution in [-0.4, -0.2) is 24.0 Å². The van der Waals surface area contributed by atoms with E-state index in [9.17, 15) is 5.11 Å². The quantitative estimate of drug-likeness (QED) is 0.622. The molecule has 3 nitrogen and oxygen atoms in total. The van der Waals surface area contributed by atoms with E-state index in [1.165, 1.54) is 0 Å². The molecule has 0 radical (unpaired) electrons. The van der Waals surface area contributed by atoms with Gasteiger partial charge in [0.2, 0.25) is 0 Å². The van der Waals surface area contributed by atoms with Crippen molar-refractivity contribution in [3.63, 3.8) is 0 Å². The Morgan fingerprint density at radius 2 is 2.00 bits per heavy atom. The van der Waals surface area contributed by atoms with E-state index in [1.54, 1.807) is 0 Å². The van der Waals surface area contributed by atoms with E-state index < -0.39 is 6.29 Å². The molecule has 1 atom stereocenters. The Kier molecular flexibility index (Phi) is 3.98.